The fourth-order valence-corrected chi connectivity index (χ4v) is 2.23. The highest BCUT2D eigenvalue weighted by atomic mass is 16.5. The Hall–Kier alpha value is -2.63. The van der Waals surface area contributed by atoms with Gasteiger partial charge in [0.25, 0.3) is 5.91 Å². The summed E-state index contributed by atoms with van der Waals surface area (Å²) in [6, 6.07) is 7.29. The molecule has 1 atom stereocenters. The second-order valence-electron chi connectivity index (χ2n) is 4.90. The van der Waals surface area contributed by atoms with E-state index < -0.39 is 0 Å². The highest BCUT2D eigenvalue weighted by Crippen LogP contribution is 2.26. The lowest BCUT2D eigenvalue weighted by Gasteiger charge is -2.12. The van der Waals surface area contributed by atoms with E-state index in [0.29, 0.717) is 6.54 Å². The van der Waals surface area contributed by atoms with Crippen molar-refractivity contribution in [2.45, 2.75) is 13.5 Å². The number of hydrazone groups is 1. The van der Waals surface area contributed by atoms with Crippen molar-refractivity contribution in [3.63, 3.8) is 0 Å². The fraction of sp³-hybridized carbons (Fsp3) is 0.267. The Morgan fingerprint density at radius 3 is 2.67 bits per heavy atom. The van der Waals surface area contributed by atoms with Gasteiger partial charge in [0.2, 0.25) is 0 Å². The fourth-order valence-electron chi connectivity index (χ4n) is 2.23. The zero-order valence-electron chi connectivity index (χ0n) is 11.9. The van der Waals surface area contributed by atoms with Crippen LogP contribution < -0.4 is 9.75 Å². The lowest BCUT2D eigenvalue weighted by molar-refractivity contribution is -0.119. The van der Waals surface area contributed by atoms with Gasteiger partial charge < -0.3 is 9.30 Å². The maximum absolute atomic E-state index is 12.4. The first-order valence-electron chi connectivity index (χ1n) is 6.70. The number of benzene rings is 1. The van der Waals surface area contributed by atoms with E-state index in [2.05, 4.69) is 10.1 Å². The van der Waals surface area contributed by atoms with Crippen LogP contribution in [0.25, 0.3) is 0 Å². The summed E-state index contributed by atoms with van der Waals surface area (Å²) in [5.74, 6) is 0.505. The number of imidazole rings is 1. The predicted molar refractivity (Wildman–Crippen MR) is 79.3 cm³/mol. The van der Waals surface area contributed by atoms with Gasteiger partial charge >= 0.3 is 0 Å². The quantitative estimate of drug-likeness (QED) is 0.862. The van der Waals surface area contributed by atoms with Crippen molar-refractivity contribution < 1.29 is 9.53 Å². The summed E-state index contributed by atoms with van der Waals surface area (Å²) in [6.07, 6.45) is 5.29. The number of methoxy groups -OCH3 is 1. The van der Waals surface area contributed by atoms with Crippen molar-refractivity contribution in [2.24, 2.45) is 11.0 Å². The zero-order valence-corrected chi connectivity index (χ0v) is 11.9. The Balaban J connectivity index is 1.84. The molecule has 0 bridgehead atoms. The molecule has 3 rings (SSSR count). The topological polar surface area (TPSA) is 59.7 Å². The summed E-state index contributed by atoms with van der Waals surface area (Å²) < 4.78 is 7.02. The lowest BCUT2D eigenvalue weighted by Crippen LogP contribution is -2.26. The molecule has 1 aromatic heterocycles. The van der Waals surface area contributed by atoms with Crippen LogP contribution in [0.4, 0.5) is 5.69 Å². The van der Waals surface area contributed by atoms with Crippen LogP contribution in [0.3, 0.4) is 0 Å². The zero-order chi connectivity index (χ0) is 14.8. The Bertz CT molecular complexity index is 661. The number of ether oxygens (including phenoxy) is 1. The van der Waals surface area contributed by atoms with E-state index in [1.165, 1.54) is 5.01 Å². The number of carbonyl (C=O) groups is 1. The molecule has 0 fully saturated rings. The minimum Gasteiger partial charge on any atom is -0.497 e. The Morgan fingerprint density at radius 2 is 2.05 bits per heavy atom. The number of carbonyl (C=O) groups excluding carboxylic acids is 1. The van der Waals surface area contributed by atoms with E-state index >= 15 is 0 Å². The molecule has 1 aliphatic heterocycles. The van der Waals surface area contributed by atoms with Gasteiger partial charge in [0.1, 0.15) is 5.75 Å². The van der Waals surface area contributed by atoms with Gasteiger partial charge in [0.05, 0.1) is 37.3 Å². The number of amides is 1. The minimum absolute atomic E-state index is 0.0183. The summed E-state index contributed by atoms with van der Waals surface area (Å²) in [4.78, 5) is 16.4. The minimum atomic E-state index is -0.227. The molecule has 2 heterocycles. The van der Waals surface area contributed by atoms with Crippen LogP contribution in [0.5, 0.6) is 5.75 Å². The van der Waals surface area contributed by atoms with Crippen LogP contribution in [0, 0.1) is 5.92 Å². The molecule has 0 saturated heterocycles. The summed E-state index contributed by atoms with van der Waals surface area (Å²) in [6.45, 7) is 2.45. The normalized spacial score (nSPS) is 18.0. The van der Waals surface area contributed by atoms with Gasteiger partial charge in [-0.2, -0.15) is 5.10 Å². The van der Waals surface area contributed by atoms with Gasteiger partial charge in [0.15, 0.2) is 0 Å². The van der Waals surface area contributed by atoms with E-state index in [9.17, 15) is 4.79 Å². The lowest BCUT2D eigenvalue weighted by atomic mass is 10.1. The monoisotopic (exact) mass is 284 g/mol. The predicted octanol–water partition coefficient (Wildman–Crippen LogP) is 1.93. The molecule has 108 valence electrons. The molecular formula is C15H16N4O2. The second-order valence-corrected chi connectivity index (χ2v) is 4.90. The van der Waals surface area contributed by atoms with E-state index in [4.69, 9.17) is 4.74 Å². The van der Waals surface area contributed by atoms with Gasteiger partial charge in [-0.1, -0.05) is 0 Å². The van der Waals surface area contributed by atoms with Crippen molar-refractivity contribution in [2.75, 3.05) is 12.1 Å². The molecule has 1 aromatic carbocycles. The molecule has 0 aliphatic carbocycles. The third kappa shape index (κ3) is 2.52. The molecule has 0 radical (unpaired) electrons. The first-order chi connectivity index (χ1) is 10.2. The van der Waals surface area contributed by atoms with Crippen LogP contribution in [0.1, 0.15) is 6.92 Å². The Labute approximate surface area is 122 Å². The van der Waals surface area contributed by atoms with Gasteiger partial charge in [-0.3, -0.25) is 4.79 Å². The maximum Gasteiger partial charge on any atom is 0.256 e. The SMILES string of the molecule is COc1ccc(N2N=C(Cn3ccnc3)C(C)C2=O)cc1. The molecular weight excluding hydrogens is 268 g/mol. The summed E-state index contributed by atoms with van der Waals surface area (Å²) in [5, 5.41) is 5.92. The van der Waals surface area contributed by atoms with Crippen LogP contribution in [0.15, 0.2) is 48.1 Å². The van der Waals surface area contributed by atoms with Gasteiger partial charge in [-0.05, 0) is 31.2 Å². The number of rotatable bonds is 4. The van der Waals surface area contributed by atoms with Crippen molar-refractivity contribution in [3.05, 3.63) is 43.0 Å². The first-order valence-corrected chi connectivity index (χ1v) is 6.70. The van der Waals surface area contributed by atoms with Gasteiger partial charge in [-0.15, -0.1) is 0 Å². The van der Waals surface area contributed by atoms with Crippen molar-refractivity contribution in [1.82, 2.24) is 9.55 Å². The molecule has 6 heteroatoms. The maximum atomic E-state index is 12.4. The van der Waals surface area contributed by atoms with E-state index in [0.717, 1.165) is 17.1 Å². The number of aromatic nitrogens is 2. The first kappa shape index (κ1) is 13.4. The smallest absolute Gasteiger partial charge is 0.256 e. The van der Waals surface area contributed by atoms with Crippen LogP contribution in [-0.2, 0) is 11.3 Å². The second kappa shape index (κ2) is 5.40. The van der Waals surface area contributed by atoms with Gasteiger partial charge in [-0.25, -0.2) is 9.99 Å². The largest absolute Gasteiger partial charge is 0.497 e. The number of anilines is 1. The average Bonchev–Trinajstić information content (AvgIpc) is 3.11. The van der Waals surface area contributed by atoms with E-state index in [1.807, 2.05) is 42.0 Å². The molecule has 1 amide bonds. The summed E-state index contributed by atoms with van der Waals surface area (Å²) in [7, 11) is 1.61. The highest BCUT2D eigenvalue weighted by Gasteiger charge is 2.33. The van der Waals surface area contributed by atoms with E-state index in [-0.39, 0.29) is 11.8 Å². The molecule has 1 unspecified atom stereocenters. The van der Waals surface area contributed by atoms with E-state index in [1.54, 1.807) is 19.6 Å². The Morgan fingerprint density at radius 1 is 1.29 bits per heavy atom. The number of hydrogen-bond acceptors (Lipinski definition) is 4. The number of nitrogens with zero attached hydrogens (tertiary/aromatic N) is 4. The molecule has 0 spiro atoms. The molecule has 0 N–H and O–H groups in total. The van der Waals surface area contributed by atoms with Gasteiger partial charge in [0, 0.05) is 12.4 Å². The molecule has 21 heavy (non-hydrogen) atoms. The standard InChI is InChI=1S/C15H16N4O2/c1-11-14(9-18-8-7-16-10-18)17-19(15(11)20)12-3-5-13(21-2)6-4-12/h3-8,10-11H,9H2,1-2H3. The molecule has 2 aromatic rings. The summed E-state index contributed by atoms with van der Waals surface area (Å²) >= 11 is 0. The third-order valence-electron chi connectivity index (χ3n) is 3.53. The Kier molecular flexibility index (Phi) is 3.43. The molecule has 1 aliphatic rings. The van der Waals surface area contributed by atoms with Crippen LogP contribution in [0.2, 0.25) is 0 Å². The molecule has 6 nitrogen and oxygen atoms in total. The van der Waals surface area contributed by atoms with Crippen LogP contribution in [-0.4, -0.2) is 28.3 Å². The summed E-state index contributed by atoms with van der Waals surface area (Å²) in [5.41, 5.74) is 1.57. The van der Waals surface area contributed by atoms with Crippen LogP contribution >= 0.6 is 0 Å². The third-order valence-corrected chi connectivity index (χ3v) is 3.53. The van der Waals surface area contributed by atoms with Crippen molar-refractivity contribution in [3.8, 4) is 5.75 Å². The van der Waals surface area contributed by atoms with Crippen molar-refractivity contribution in [1.29, 1.82) is 0 Å². The average molecular weight is 284 g/mol. The number of hydrogen-bond donors (Lipinski definition) is 0. The molecule has 0 saturated carbocycles. The van der Waals surface area contributed by atoms with Crippen molar-refractivity contribution >= 4 is 17.3 Å². The highest BCUT2D eigenvalue weighted by molar-refractivity contribution is 6.15.